The van der Waals surface area contributed by atoms with Gasteiger partial charge in [-0.15, -0.1) is 11.3 Å². The number of thiophene rings is 1. The van der Waals surface area contributed by atoms with E-state index >= 15 is 0 Å². The van der Waals surface area contributed by atoms with Crippen LogP contribution in [0.4, 0.5) is 9.80 Å². The molecule has 2 aromatic heterocycles. The van der Waals surface area contributed by atoms with Crippen molar-refractivity contribution in [3.8, 4) is 0 Å². The highest BCUT2D eigenvalue weighted by molar-refractivity contribution is 7.14. The number of aromatic carboxylic acids is 1. The molecule has 0 unspecified atom stereocenters. The molecule has 7 nitrogen and oxygen atoms in total. The highest BCUT2D eigenvalue weighted by Gasteiger charge is 2.13. The third-order valence-electron chi connectivity index (χ3n) is 2.71. The Morgan fingerprint density at radius 2 is 2.25 bits per heavy atom. The van der Waals surface area contributed by atoms with Crippen molar-refractivity contribution in [3.63, 3.8) is 0 Å². The second kappa shape index (κ2) is 6.20. The van der Waals surface area contributed by atoms with Crippen LogP contribution in [0.25, 0.3) is 0 Å². The van der Waals surface area contributed by atoms with Crippen LogP contribution in [0, 0.1) is 0 Å². The van der Waals surface area contributed by atoms with Gasteiger partial charge in [0.25, 0.3) is 0 Å². The van der Waals surface area contributed by atoms with E-state index in [-0.39, 0.29) is 5.56 Å². The lowest BCUT2D eigenvalue weighted by Crippen LogP contribution is -2.30. The molecule has 0 atom stereocenters. The van der Waals surface area contributed by atoms with Crippen LogP contribution in [0.15, 0.2) is 23.7 Å². The quantitative estimate of drug-likeness (QED) is 0.779. The van der Waals surface area contributed by atoms with Crippen LogP contribution in [-0.2, 0) is 13.5 Å². The van der Waals surface area contributed by atoms with Gasteiger partial charge in [0.05, 0.1) is 5.56 Å². The summed E-state index contributed by atoms with van der Waals surface area (Å²) in [5.41, 5.74) is 1.10. The van der Waals surface area contributed by atoms with E-state index in [1.54, 1.807) is 16.3 Å². The smallest absolute Gasteiger partial charge is 0.338 e. The molecular weight excluding hydrogens is 280 g/mol. The Balaban J connectivity index is 1.82. The van der Waals surface area contributed by atoms with E-state index in [0.717, 1.165) is 5.69 Å². The van der Waals surface area contributed by atoms with E-state index in [9.17, 15) is 9.59 Å². The molecule has 0 aromatic carbocycles. The number of carbonyl (C=O) groups excluding carboxylic acids is 1. The molecule has 2 aromatic rings. The van der Waals surface area contributed by atoms with Gasteiger partial charge >= 0.3 is 12.0 Å². The Labute approximate surface area is 119 Å². The normalized spacial score (nSPS) is 10.2. The minimum atomic E-state index is -1.06. The Bertz CT molecular complexity index is 620. The first-order valence-corrected chi connectivity index (χ1v) is 6.78. The van der Waals surface area contributed by atoms with Gasteiger partial charge in [0.15, 0.2) is 0 Å². The van der Waals surface area contributed by atoms with E-state index in [4.69, 9.17) is 5.11 Å². The van der Waals surface area contributed by atoms with Gasteiger partial charge in [0, 0.05) is 31.9 Å². The number of urea groups is 1. The summed E-state index contributed by atoms with van der Waals surface area (Å²) < 4.78 is 1.74. The Hall–Kier alpha value is -2.35. The molecule has 0 spiro atoms. The number of carboxylic acids is 1. The molecule has 20 heavy (non-hydrogen) atoms. The molecular formula is C12H14N4O3S. The largest absolute Gasteiger partial charge is 0.478 e. The van der Waals surface area contributed by atoms with Crippen molar-refractivity contribution in [1.82, 2.24) is 15.1 Å². The maximum absolute atomic E-state index is 11.7. The van der Waals surface area contributed by atoms with Crippen LogP contribution in [0.5, 0.6) is 0 Å². The minimum Gasteiger partial charge on any atom is -0.478 e. The molecule has 0 aliphatic carbocycles. The number of carboxylic acid groups (broad SMARTS) is 1. The van der Waals surface area contributed by atoms with Crippen molar-refractivity contribution in [2.45, 2.75) is 6.42 Å². The molecule has 2 rings (SSSR count). The number of amides is 2. The summed E-state index contributed by atoms with van der Waals surface area (Å²) in [5.74, 6) is -1.06. The molecule has 0 aliphatic heterocycles. The van der Waals surface area contributed by atoms with E-state index < -0.39 is 12.0 Å². The van der Waals surface area contributed by atoms with E-state index in [1.807, 2.05) is 13.1 Å². The van der Waals surface area contributed by atoms with Gasteiger partial charge in [-0.05, 0) is 17.5 Å². The number of aromatic nitrogens is 2. The van der Waals surface area contributed by atoms with Crippen molar-refractivity contribution < 1.29 is 14.7 Å². The predicted molar refractivity (Wildman–Crippen MR) is 75.2 cm³/mol. The summed E-state index contributed by atoms with van der Waals surface area (Å²) >= 11 is 1.17. The fourth-order valence-corrected chi connectivity index (χ4v) is 2.45. The van der Waals surface area contributed by atoms with Crippen molar-refractivity contribution in [2.24, 2.45) is 7.05 Å². The number of aryl methyl sites for hydroxylation is 1. The second-order valence-electron chi connectivity index (χ2n) is 4.05. The summed E-state index contributed by atoms with van der Waals surface area (Å²) in [6.45, 7) is 0.444. The molecule has 2 amide bonds. The summed E-state index contributed by atoms with van der Waals surface area (Å²) in [6, 6.07) is 2.91. The third-order valence-corrected chi connectivity index (χ3v) is 3.54. The van der Waals surface area contributed by atoms with Crippen molar-refractivity contribution >= 4 is 28.3 Å². The maximum Gasteiger partial charge on any atom is 0.338 e. The lowest BCUT2D eigenvalue weighted by atomic mass is 10.3. The summed E-state index contributed by atoms with van der Waals surface area (Å²) in [7, 11) is 1.83. The van der Waals surface area contributed by atoms with Gasteiger partial charge in [0.2, 0.25) is 0 Å². The van der Waals surface area contributed by atoms with Crippen LogP contribution in [0.3, 0.4) is 0 Å². The van der Waals surface area contributed by atoms with Crippen molar-refractivity contribution in [3.05, 3.63) is 35.0 Å². The molecule has 0 fully saturated rings. The third kappa shape index (κ3) is 3.35. The topological polar surface area (TPSA) is 96.3 Å². The maximum atomic E-state index is 11.7. The van der Waals surface area contributed by atoms with Crippen LogP contribution in [0.2, 0.25) is 0 Å². The first-order valence-electron chi connectivity index (χ1n) is 5.90. The highest BCUT2D eigenvalue weighted by atomic mass is 32.1. The number of rotatable bonds is 5. The lowest BCUT2D eigenvalue weighted by molar-refractivity contribution is 0.0698. The van der Waals surface area contributed by atoms with Gasteiger partial charge in [-0.3, -0.25) is 10.00 Å². The Morgan fingerprint density at radius 3 is 2.90 bits per heavy atom. The van der Waals surface area contributed by atoms with Crippen LogP contribution in [0.1, 0.15) is 16.1 Å². The predicted octanol–water partition coefficient (Wildman–Crippen LogP) is 1.54. The van der Waals surface area contributed by atoms with Crippen LogP contribution >= 0.6 is 11.3 Å². The SMILES string of the molecule is Cn1nccc1CCNC(=O)Nc1sccc1C(=O)O. The minimum absolute atomic E-state index is 0.0942. The molecule has 0 saturated carbocycles. The van der Waals surface area contributed by atoms with E-state index in [1.165, 1.54) is 17.4 Å². The number of anilines is 1. The van der Waals surface area contributed by atoms with Crippen LogP contribution in [-0.4, -0.2) is 33.4 Å². The highest BCUT2D eigenvalue weighted by Crippen LogP contribution is 2.22. The molecule has 2 heterocycles. The summed E-state index contributed by atoms with van der Waals surface area (Å²) in [5, 5.41) is 20.1. The van der Waals surface area contributed by atoms with Crippen LogP contribution < -0.4 is 10.6 Å². The number of hydrogen-bond donors (Lipinski definition) is 3. The first kappa shape index (κ1) is 14.1. The molecule has 0 aliphatic rings. The van der Waals surface area contributed by atoms with E-state index in [0.29, 0.717) is 18.0 Å². The monoisotopic (exact) mass is 294 g/mol. The zero-order valence-electron chi connectivity index (χ0n) is 10.8. The molecule has 0 saturated heterocycles. The van der Waals surface area contributed by atoms with Gasteiger partial charge in [-0.1, -0.05) is 0 Å². The number of carbonyl (C=O) groups is 2. The molecule has 8 heteroatoms. The summed E-state index contributed by atoms with van der Waals surface area (Å²) in [6.07, 6.45) is 2.35. The Morgan fingerprint density at radius 1 is 1.45 bits per heavy atom. The average Bonchev–Trinajstić information content (AvgIpc) is 2.99. The molecule has 0 bridgehead atoms. The molecule has 3 N–H and O–H groups in total. The van der Waals surface area contributed by atoms with Gasteiger partial charge in [-0.25, -0.2) is 9.59 Å². The van der Waals surface area contributed by atoms with Gasteiger partial charge in [-0.2, -0.15) is 5.10 Å². The van der Waals surface area contributed by atoms with E-state index in [2.05, 4.69) is 15.7 Å². The number of nitrogens with zero attached hydrogens (tertiary/aromatic N) is 2. The first-order chi connectivity index (χ1) is 9.58. The van der Waals surface area contributed by atoms with Gasteiger partial charge in [0.1, 0.15) is 5.00 Å². The molecule has 106 valence electrons. The second-order valence-corrected chi connectivity index (χ2v) is 4.96. The number of hydrogen-bond acceptors (Lipinski definition) is 4. The Kier molecular flexibility index (Phi) is 4.36. The lowest BCUT2D eigenvalue weighted by Gasteiger charge is -2.07. The molecule has 0 radical (unpaired) electrons. The zero-order chi connectivity index (χ0) is 14.5. The van der Waals surface area contributed by atoms with Crippen molar-refractivity contribution in [2.75, 3.05) is 11.9 Å². The fraction of sp³-hybridized carbons (Fsp3) is 0.250. The standard InChI is InChI=1S/C12H14N4O3S/c1-16-8(3-6-14-16)2-5-13-12(19)15-10-9(11(17)18)4-7-20-10/h3-4,6-7H,2,5H2,1H3,(H,17,18)(H2,13,15,19). The number of nitrogens with one attached hydrogen (secondary N) is 2. The zero-order valence-corrected chi connectivity index (χ0v) is 11.6. The summed E-state index contributed by atoms with van der Waals surface area (Å²) in [4.78, 5) is 22.6. The van der Waals surface area contributed by atoms with Crippen molar-refractivity contribution in [1.29, 1.82) is 0 Å². The fourth-order valence-electron chi connectivity index (χ4n) is 1.67. The van der Waals surface area contributed by atoms with Gasteiger partial charge < -0.3 is 10.4 Å². The average molecular weight is 294 g/mol.